The van der Waals surface area contributed by atoms with E-state index in [-0.39, 0.29) is 19.8 Å². The van der Waals surface area contributed by atoms with Crippen LogP contribution in [-0.2, 0) is 38.8 Å². The predicted octanol–water partition coefficient (Wildman–Crippen LogP) is 4.90. The maximum atomic E-state index is 10.9. The lowest BCUT2D eigenvalue weighted by Crippen LogP contribution is -2.64. The van der Waals surface area contributed by atoms with Crippen LogP contribution in [0.15, 0.2) is 121 Å². The molecule has 41 heavy (non-hydrogen) atoms. The summed E-state index contributed by atoms with van der Waals surface area (Å²) >= 11 is 0. The maximum Gasteiger partial charge on any atom is 0.229 e. The maximum absolute atomic E-state index is 10.9. The Balaban J connectivity index is 1.48. The first kappa shape index (κ1) is 29.0. The Hall–Kier alpha value is -3.56. The van der Waals surface area contributed by atoms with Crippen molar-refractivity contribution in [2.75, 3.05) is 6.61 Å². The van der Waals surface area contributed by atoms with E-state index in [1.807, 2.05) is 121 Å². The minimum absolute atomic E-state index is 0.254. The Morgan fingerprint density at radius 2 is 0.976 bits per heavy atom. The van der Waals surface area contributed by atoms with Gasteiger partial charge in [-0.15, -0.1) is 0 Å². The Labute approximate surface area is 240 Å². The molecule has 0 saturated carbocycles. The van der Waals surface area contributed by atoms with Crippen LogP contribution >= 0.6 is 0 Å². The van der Waals surface area contributed by atoms with Crippen molar-refractivity contribution in [1.82, 2.24) is 0 Å². The van der Waals surface area contributed by atoms with Gasteiger partial charge in [0.15, 0.2) is 0 Å². The normalized spacial score (nSPS) is 23.1. The van der Waals surface area contributed by atoms with Gasteiger partial charge in [0, 0.05) is 0 Å². The molecule has 7 heteroatoms. The summed E-state index contributed by atoms with van der Waals surface area (Å²) in [5.41, 5.74) is 2.91. The number of aliphatic hydroxyl groups excluding tert-OH is 2. The molecule has 4 aromatic carbocycles. The highest BCUT2D eigenvalue weighted by molar-refractivity contribution is 5.22. The minimum Gasteiger partial charge on any atom is -0.462 e. The van der Waals surface area contributed by atoms with Crippen LogP contribution in [0.25, 0.3) is 0 Å². The first-order valence-electron chi connectivity index (χ1n) is 13.8. The van der Waals surface area contributed by atoms with Gasteiger partial charge in [-0.1, -0.05) is 109 Å². The van der Waals surface area contributed by atoms with Crippen LogP contribution in [0.5, 0.6) is 5.75 Å². The monoisotopic (exact) mass is 556 g/mol. The Bertz CT molecular complexity index is 1270. The molecule has 2 N–H and O–H groups in total. The fourth-order valence-corrected chi connectivity index (χ4v) is 4.83. The number of hydrogen-bond donors (Lipinski definition) is 2. The first-order chi connectivity index (χ1) is 20.2. The number of hydrogen-bond acceptors (Lipinski definition) is 7. The van der Waals surface area contributed by atoms with Crippen molar-refractivity contribution in [1.29, 1.82) is 0 Å². The first-order valence-corrected chi connectivity index (χ1v) is 13.8. The van der Waals surface area contributed by atoms with Crippen LogP contribution < -0.4 is 4.74 Å². The van der Waals surface area contributed by atoms with Crippen LogP contribution in [0.1, 0.15) is 16.7 Å². The molecular weight excluding hydrogens is 520 g/mol. The van der Waals surface area contributed by atoms with Crippen LogP contribution in [0.4, 0.5) is 0 Å². The molecule has 0 spiro atoms. The highest BCUT2D eigenvalue weighted by Gasteiger charge is 2.51. The molecule has 0 aliphatic carbocycles. The third-order valence-corrected chi connectivity index (χ3v) is 6.95. The molecule has 0 amide bonds. The second-order valence-electron chi connectivity index (χ2n) is 9.93. The lowest BCUT2D eigenvalue weighted by atomic mass is 9.94. The summed E-state index contributed by atoms with van der Waals surface area (Å²) in [5.74, 6) is 0.577. The van der Waals surface area contributed by atoms with E-state index >= 15 is 0 Å². The summed E-state index contributed by atoms with van der Waals surface area (Å²) in [4.78, 5) is 0. The lowest BCUT2D eigenvalue weighted by molar-refractivity contribution is -0.318. The summed E-state index contributed by atoms with van der Waals surface area (Å²) in [7, 11) is 0. The average Bonchev–Trinajstić information content (AvgIpc) is 3.04. The summed E-state index contributed by atoms with van der Waals surface area (Å²) in [6.45, 7) is 0.300. The molecule has 5 rings (SSSR count). The fraction of sp³-hybridized carbons (Fsp3) is 0.294. The van der Waals surface area contributed by atoms with Crippen molar-refractivity contribution < 1.29 is 33.9 Å². The van der Waals surface area contributed by atoms with Gasteiger partial charge in [-0.25, -0.2) is 0 Å². The molecule has 1 unspecified atom stereocenters. The second kappa shape index (κ2) is 14.9. The van der Waals surface area contributed by atoms with Gasteiger partial charge in [0.2, 0.25) is 6.29 Å². The SMILES string of the molecule is OC[C@@H](O)[C@H]1OC(Oc2ccccc2)[C@@H](OCc2ccccc2)[C@@H](OCc2ccccc2)[C@@H]1OCc1ccccc1. The highest BCUT2D eigenvalue weighted by Crippen LogP contribution is 2.33. The van der Waals surface area contributed by atoms with E-state index in [0.29, 0.717) is 5.75 Å². The quantitative estimate of drug-likeness (QED) is 0.242. The average molecular weight is 557 g/mol. The predicted molar refractivity (Wildman–Crippen MR) is 154 cm³/mol. The van der Waals surface area contributed by atoms with Crippen molar-refractivity contribution in [3.05, 3.63) is 138 Å². The number of para-hydroxylation sites is 1. The molecule has 1 aliphatic heterocycles. The molecule has 1 heterocycles. The highest BCUT2D eigenvalue weighted by atomic mass is 16.7. The second-order valence-corrected chi connectivity index (χ2v) is 9.93. The third-order valence-electron chi connectivity index (χ3n) is 6.95. The zero-order valence-electron chi connectivity index (χ0n) is 22.8. The molecule has 6 atom stereocenters. The molecule has 214 valence electrons. The van der Waals surface area contributed by atoms with Crippen LogP contribution in [0.3, 0.4) is 0 Å². The smallest absolute Gasteiger partial charge is 0.229 e. The third kappa shape index (κ3) is 8.01. The van der Waals surface area contributed by atoms with E-state index in [2.05, 4.69) is 0 Å². The zero-order chi connectivity index (χ0) is 28.3. The summed E-state index contributed by atoms with van der Waals surface area (Å²) in [6, 6.07) is 38.7. The van der Waals surface area contributed by atoms with Crippen molar-refractivity contribution in [3.8, 4) is 5.75 Å². The van der Waals surface area contributed by atoms with Crippen molar-refractivity contribution in [2.45, 2.75) is 56.6 Å². The number of rotatable bonds is 13. The Kier molecular flexibility index (Phi) is 10.5. The van der Waals surface area contributed by atoms with Crippen LogP contribution in [-0.4, -0.2) is 53.6 Å². The number of ether oxygens (including phenoxy) is 5. The van der Waals surface area contributed by atoms with E-state index < -0.39 is 43.4 Å². The molecule has 0 radical (unpaired) electrons. The van der Waals surface area contributed by atoms with Gasteiger partial charge in [-0.05, 0) is 28.8 Å². The topological polar surface area (TPSA) is 86.6 Å². The molecule has 4 aromatic rings. The fourth-order valence-electron chi connectivity index (χ4n) is 4.83. The van der Waals surface area contributed by atoms with E-state index in [9.17, 15) is 10.2 Å². The van der Waals surface area contributed by atoms with Gasteiger partial charge < -0.3 is 33.9 Å². The Morgan fingerprint density at radius 3 is 1.44 bits per heavy atom. The van der Waals surface area contributed by atoms with Crippen molar-refractivity contribution in [3.63, 3.8) is 0 Å². The Morgan fingerprint density at radius 1 is 0.561 bits per heavy atom. The van der Waals surface area contributed by atoms with Crippen LogP contribution in [0.2, 0.25) is 0 Å². The molecule has 0 aromatic heterocycles. The van der Waals surface area contributed by atoms with Crippen molar-refractivity contribution >= 4 is 0 Å². The summed E-state index contributed by atoms with van der Waals surface area (Å²) in [6.07, 6.45) is -5.37. The van der Waals surface area contributed by atoms with Gasteiger partial charge in [-0.2, -0.15) is 0 Å². The van der Waals surface area contributed by atoms with Crippen LogP contribution in [0, 0.1) is 0 Å². The van der Waals surface area contributed by atoms with E-state index in [0.717, 1.165) is 16.7 Å². The minimum atomic E-state index is -1.24. The number of aliphatic hydroxyl groups is 2. The van der Waals surface area contributed by atoms with Crippen molar-refractivity contribution in [2.24, 2.45) is 0 Å². The molecule has 1 aliphatic rings. The number of benzene rings is 4. The van der Waals surface area contributed by atoms with Gasteiger partial charge >= 0.3 is 0 Å². The molecule has 0 bridgehead atoms. The summed E-state index contributed by atoms with van der Waals surface area (Å²) in [5, 5.41) is 20.9. The largest absolute Gasteiger partial charge is 0.462 e. The van der Waals surface area contributed by atoms with Gasteiger partial charge in [0.05, 0.1) is 26.4 Å². The van der Waals surface area contributed by atoms with Gasteiger partial charge in [0.1, 0.15) is 36.3 Å². The summed E-state index contributed by atoms with van der Waals surface area (Å²) < 4.78 is 32.2. The molecule has 1 saturated heterocycles. The molecule has 1 fully saturated rings. The molecule has 7 nitrogen and oxygen atoms in total. The standard InChI is InChI=1S/C34H36O7/c35-21-29(36)30-31(37-22-25-13-5-1-6-14-25)32(38-23-26-15-7-2-8-16-26)33(39-24-27-17-9-3-10-18-27)34(41-30)40-28-19-11-4-12-20-28/h1-20,29-36H,21-24H2/t29-,30-,31-,32+,33+,34?/m1/s1. The van der Waals surface area contributed by atoms with E-state index in [1.165, 1.54) is 0 Å². The lowest BCUT2D eigenvalue weighted by Gasteiger charge is -2.46. The zero-order valence-corrected chi connectivity index (χ0v) is 22.8. The molecular formula is C34H36O7. The van der Waals surface area contributed by atoms with Gasteiger partial charge in [-0.3, -0.25) is 0 Å². The van der Waals surface area contributed by atoms with E-state index in [4.69, 9.17) is 23.7 Å². The van der Waals surface area contributed by atoms with E-state index in [1.54, 1.807) is 0 Å². The van der Waals surface area contributed by atoms with Gasteiger partial charge in [0.25, 0.3) is 0 Å².